The smallest absolute Gasteiger partial charge is 0.261 e. The minimum Gasteiger partial charge on any atom is -0.281 e. The van der Waals surface area contributed by atoms with Crippen LogP contribution in [-0.4, -0.2) is 26.9 Å². The normalized spacial score (nSPS) is 14.2. The van der Waals surface area contributed by atoms with Crippen molar-refractivity contribution in [3.63, 3.8) is 0 Å². The Bertz CT molecular complexity index is 632. The summed E-state index contributed by atoms with van der Waals surface area (Å²) in [6.45, 7) is 2.13. The lowest BCUT2D eigenvalue weighted by Crippen LogP contribution is -2.29. The molecule has 0 unspecified atom stereocenters. The number of fused-ring (bicyclic) bond motifs is 1. The van der Waals surface area contributed by atoms with Gasteiger partial charge in [-0.05, 0) is 25.1 Å². The molecule has 1 N–H and O–H groups in total. The predicted molar refractivity (Wildman–Crippen MR) is 64.0 cm³/mol. The summed E-state index contributed by atoms with van der Waals surface area (Å²) in [5.74, 6) is -0.488. The summed E-state index contributed by atoms with van der Waals surface area (Å²) in [4.78, 5) is 25.5. The van der Waals surface area contributed by atoms with Crippen LogP contribution in [0.3, 0.4) is 0 Å². The van der Waals surface area contributed by atoms with Crippen LogP contribution < -0.4 is 0 Å². The minimum absolute atomic E-state index is 0.228. The van der Waals surface area contributed by atoms with Crippen molar-refractivity contribution in [2.45, 2.75) is 13.5 Å². The molecule has 0 bridgehead atoms. The van der Waals surface area contributed by atoms with Gasteiger partial charge in [-0.1, -0.05) is 11.6 Å². The number of hydrogen-bond acceptors (Lipinski definition) is 3. The maximum Gasteiger partial charge on any atom is 0.261 e. The Morgan fingerprint density at radius 1 is 1.17 bits per heavy atom. The maximum absolute atomic E-state index is 12.2. The molecule has 2 aromatic rings. The van der Waals surface area contributed by atoms with Crippen LogP contribution in [0.2, 0.25) is 0 Å². The average molecular weight is 241 g/mol. The number of aromatic amines is 1. The first-order chi connectivity index (χ1) is 8.66. The highest BCUT2D eigenvalue weighted by molar-refractivity contribution is 6.21. The van der Waals surface area contributed by atoms with Gasteiger partial charge in [0.2, 0.25) is 0 Å². The maximum atomic E-state index is 12.2. The fourth-order valence-electron chi connectivity index (χ4n) is 2.09. The third-order valence-electron chi connectivity index (χ3n) is 3.01. The molecule has 5 heteroatoms. The summed E-state index contributed by atoms with van der Waals surface area (Å²) in [5, 5.41) is 6.55. The molecule has 0 atom stereocenters. The highest BCUT2D eigenvalue weighted by atomic mass is 16.2. The highest BCUT2D eigenvalue weighted by Crippen LogP contribution is 2.24. The van der Waals surface area contributed by atoms with Gasteiger partial charge in [0, 0.05) is 6.20 Å². The number of nitrogens with one attached hydrogen (secondary N) is 1. The van der Waals surface area contributed by atoms with Crippen LogP contribution in [0.1, 0.15) is 32.0 Å². The molecular weight excluding hydrogens is 230 g/mol. The van der Waals surface area contributed by atoms with E-state index in [-0.39, 0.29) is 18.4 Å². The molecule has 0 saturated carbocycles. The van der Waals surface area contributed by atoms with Crippen LogP contribution in [0.15, 0.2) is 30.5 Å². The molecule has 1 aromatic heterocycles. The Hall–Kier alpha value is -2.43. The van der Waals surface area contributed by atoms with Gasteiger partial charge in [0.15, 0.2) is 0 Å². The van der Waals surface area contributed by atoms with E-state index in [2.05, 4.69) is 10.2 Å². The molecule has 2 heterocycles. The lowest BCUT2D eigenvalue weighted by molar-refractivity contribution is 0.0640. The monoisotopic (exact) mass is 241 g/mol. The standard InChI is InChI=1S/C13H11N3O2/c1-8-2-3-10-11(6-8)13(18)16(12(10)17)7-9-4-5-14-15-9/h2-6H,7H2,1H3,(H,14,15). The Morgan fingerprint density at radius 3 is 2.67 bits per heavy atom. The van der Waals surface area contributed by atoms with E-state index in [0.29, 0.717) is 11.1 Å². The summed E-state index contributed by atoms with van der Waals surface area (Å²) in [5.41, 5.74) is 2.67. The number of amides is 2. The number of rotatable bonds is 2. The second-order valence-electron chi connectivity index (χ2n) is 4.33. The SMILES string of the molecule is Cc1ccc2c(c1)C(=O)N(Cc1ccn[nH]1)C2=O. The zero-order valence-electron chi connectivity index (χ0n) is 9.80. The fraction of sp³-hybridized carbons (Fsp3) is 0.154. The van der Waals surface area contributed by atoms with E-state index in [1.165, 1.54) is 4.90 Å². The second kappa shape index (κ2) is 3.80. The van der Waals surface area contributed by atoms with Gasteiger partial charge in [-0.15, -0.1) is 0 Å². The lowest BCUT2D eigenvalue weighted by Gasteiger charge is -2.11. The van der Waals surface area contributed by atoms with Crippen molar-refractivity contribution in [1.82, 2.24) is 15.1 Å². The molecule has 90 valence electrons. The Kier molecular flexibility index (Phi) is 2.26. The van der Waals surface area contributed by atoms with Crippen LogP contribution in [-0.2, 0) is 6.54 Å². The number of hydrogen-bond donors (Lipinski definition) is 1. The number of aryl methyl sites for hydroxylation is 1. The van der Waals surface area contributed by atoms with Crippen molar-refractivity contribution in [3.8, 4) is 0 Å². The van der Waals surface area contributed by atoms with E-state index >= 15 is 0 Å². The first-order valence-corrected chi connectivity index (χ1v) is 5.62. The van der Waals surface area contributed by atoms with Crippen molar-refractivity contribution < 1.29 is 9.59 Å². The predicted octanol–water partition coefficient (Wildman–Crippen LogP) is 1.51. The first kappa shape index (κ1) is 10.7. The summed E-state index contributed by atoms with van der Waals surface area (Å²) < 4.78 is 0. The number of aromatic nitrogens is 2. The molecule has 18 heavy (non-hydrogen) atoms. The Morgan fingerprint density at radius 2 is 1.94 bits per heavy atom. The zero-order chi connectivity index (χ0) is 12.7. The molecule has 1 aliphatic heterocycles. The van der Waals surface area contributed by atoms with Gasteiger partial charge in [-0.3, -0.25) is 19.6 Å². The average Bonchev–Trinajstić information content (AvgIpc) is 2.93. The summed E-state index contributed by atoms with van der Waals surface area (Å²) in [6, 6.07) is 7.04. The Balaban J connectivity index is 1.97. The highest BCUT2D eigenvalue weighted by Gasteiger charge is 2.35. The quantitative estimate of drug-likeness (QED) is 0.810. The number of nitrogens with zero attached hydrogens (tertiary/aromatic N) is 2. The molecule has 0 spiro atoms. The largest absolute Gasteiger partial charge is 0.281 e. The third-order valence-corrected chi connectivity index (χ3v) is 3.01. The van der Waals surface area contributed by atoms with Crippen molar-refractivity contribution >= 4 is 11.8 Å². The van der Waals surface area contributed by atoms with Crippen molar-refractivity contribution in [3.05, 3.63) is 52.8 Å². The minimum atomic E-state index is -0.246. The molecule has 1 aliphatic rings. The lowest BCUT2D eigenvalue weighted by atomic mass is 10.1. The van der Waals surface area contributed by atoms with E-state index in [1.54, 1.807) is 24.4 Å². The van der Waals surface area contributed by atoms with Gasteiger partial charge in [0.25, 0.3) is 11.8 Å². The number of carbonyl (C=O) groups excluding carboxylic acids is 2. The summed E-state index contributed by atoms with van der Waals surface area (Å²) >= 11 is 0. The third kappa shape index (κ3) is 1.52. The number of H-pyrrole nitrogens is 1. The number of carbonyl (C=O) groups is 2. The van der Waals surface area contributed by atoms with Gasteiger partial charge >= 0.3 is 0 Å². The molecule has 3 rings (SSSR count). The van der Waals surface area contributed by atoms with E-state index in [0.717, 1.165) is 11.3 Å². The van der Waals surface area contributed by atoms with Gasteiger partial charge in [-0.25, -0.2) is 0 Å². The number of benzene rings is 1. The van der Waals surface area contributed by atoms with Gasteiger partial charge in [0.1, 0.15) is 0 Å². The fourth-order valence-corrected chi connectivity index (χ4v) is 2.09. The molecule has 0 fully saturated rings. The van der Waals surface area contributed by atoms with Crippen molar-refractivity contribution in [2.24, 2.45) is 0 Å². The van der Waals surface area contributed by atoms with Gasteiger partial charge in [-0.2, -0.15) is 5.10 Å². The zero-order valence-corrected chi connectivity index (χ0v) is 9.80. The van der Waals surface area contributed by atoms with Gasteiger partial charge in [0.05, 0.1) is 23.4 Å². The van der Waals surface area contributed by atoms with E-state index < -0.39 is 0 Å². The first-order valence-electron chi connectivity index (χ1n) is 5.62. The molecule has 1 aromatic carbocycles. The Labute approximate surface area is 103 Å². The summed E-state index contributed by atoms with van der Waals surface area (Å²) in [7, 11) is 0. The molecule has 0 saturated heterocycles. The van der Waals surface area contributed by atoms with Crippen LogP contribution in [0.5, 0.6) is 0 Å². The molecular formula is C13H11N3O2. The van der Waals surface area contributed by atoms with E-state index in [1.807, 2.05) is 13.0 Å². The molecule has 5 nitrogen and oxygen atoms in total. The topological polar surface area (TPSA) is 66.1 Å². The molecule has 0 radical (unpaired) electrons. The van der Waals surface area contributed by atoms with Crippen LogP contribution in [0, 0.1) is 6.92 Å². The number of imide groups is 1. The summed E-state index contributed by atoms with van der Waals surface area (Å²) in [6.07, 6.45) is 1.59. The van der Waals surface area contributed by atoms with Crippen LogP contribution in [0.4, 0.5) is 0 Å². The van der Waals surface area contributed by atoms with Crippen LogP contribution >= 0.6 is 0 Å². The van der Waals surface area contributed by atoms with Gasteiger partial charge < -0.3 is 0 Å². The molecule has 0 aliphatic carbocycles. The second-order valence-corrected chi connectivity index (χ2v) is 4.33. The van der Waals surface area contributed by atoms with Crippen molar-refractivity contribution in [2.75, 3.05) is 0 Å². The van der Waals surface area contributed by atoms with E-state index in [4.69, 9.17) is 0 Å². The van der Waals surface area contributed by atoms with Crippen LogP contribution in [0.25, 0.3) is 0 Å². The van der Waals surface area contributed by atoms with E-state index in [9.17, 15) is 9.59 Å². The van der Waals surface area contributed by atoms with Crippen molar-refractivity contribution in [1.29, 1.82) is 0 Å². The molecule has 2 amide bonds.